The van der Waals surface area contributed by atoms with E-state index in [0.29, 0.717) is 0 Å². The van der Waals surface area contributed by atoms with Gasteiger partial charge in [0, 0.05) is 5.70 Å². The summed E-state index contributed by atoms with van der Waals surface area (Å²) >= 11 is 0. The Bertz CT molecular complexity index is 121. The SMILES string of the molecule is C=N/C(C)=C\C=C/C.CC. The fraction of sp³-hybridized carbons (Fsp3) is 0.444. The summed E-state index contributed by atoms with van der Waals surface area (Å²) in [7, 11) is 0. The van der Waals surface area contributed by atoms with E-state index in [1.807, 2.05) is 45.9 Å². The molecule has 0 heterocycles. The third-order valence-electron chi connectivity index (χ3n) is 0.779. The highest BCUT2D eigenvalue weighted by Gasteiger charge is 1.71. The summed E-state index contributed by atoms with van der Waals surface area (Å²) in [5.41, 5.74) is 0.947. The first-order valence-corrected chi connectivity index (χ1v) is 3.57. The minimum Gasteiger partial charge on any atom is -0.269 e. The molecule has 58 valence electrons. The van der Waals surface area contributed by atoms with Gasteiger partial charge in [-0.25, -0.2) is 0 Å². The van der Waals surface area contributed by atoms with E-state index in [1.165, 1.54) is 0 Å². The molecule has 0 aromatic heterocycles. The maximum atomic E-state index is 3.69. The van der Waals surface area contributed by atoms with Crippen molar-refractivity contribution in [2.45, 2.75) is 27.7 Å². The largest absolute Gasteiger partial charge is 0.269 e. The molecule has 0 bridgehead atoms. The van der Waals surface area contributed by atoms with Gasteiger partial charge < -0.3 is 0 Å². The number of rotatable bonds is 2. The Morgan fingerprint density at radius 1 is 1.40 bits per heavy atom. The monoisotopic (exact) mass is 139 g/mol. The zero-order valence-corrected chi connectivity index (χ0v) is 7.39. The van der Waals surface area contributed by atoms with Crippen molar-refractivity contribution in [2.75, 3.05) is 0 Å². The summed E-state index contributed by atoms with van der Waals surface area (Å²) < 4.78 is 0. The standard InChI is InChI=1S/C7H11N.C2H6/c1-4-5-6-7(2)8-3;1-2/h4-6H,3H2,1-2H3;1-2H3/b5-4-,7-6-;. The van der Waals surface area contributed by atoms with Crippen molar-refractivity contribution in [1.29, 1.82) is 0 Å². The molecule has 0 aromatic carbocycles. The molecular weight excluding hydrogens is 122 g/mol. The first kappa shape index (κ1) is 11.9. The van der Waals surface area contributed by atoms with Crippen LogP contribution in [0.2, 0.25) is 0 Å². The molecule has 0 aromatic rings. The Balaban J connectivity index is 0. The Morgan fingerprint density at radius 2 is 1.90 bits per heavy atom. The second kappa shape index (κ2) is 11.0. The van der Waals surface area contributed by atoms with E-state index in [4.69, 9.17) is 0 Å². The van der Waals surface area contributed by atoms with Crippen LogP contribution >= 0.6 is 0 Å². The number of nitrogens with zero attached hydrogens (tertiary/aromatic N) is 1. The summed E-state index contributed by atoms with van der Waals surface area (Å²) in [6.07, 6.45) is 5.80. The van der Waals surface area contributed by atoms with Gasteiger partial charge in [-0.05, 0) is 26.6 Å². The second-order valence-corrected chi connectivity index (χ2v) is 1.49. The highest BCUT2D eigenvalue weighted by Crippen LogP contribution is 1.90. The van der Waals surface area contributed by atoms with Crippen molar-refractivity contribution >= 4 is 6.72 Å². The maximum Gasteiger partial charge on any atom is 0.0365 e. The van der Waals surface area contributed by atoms with E-state index >= 15 is 0 Å². The van der Waals surface area contributed by atoms with Gasteiger partial charge in [0.05, 0.1) is 0 Å². The molecule has 0 fully saturated rings. The molecular formula is C9H17N. The van der Waals surface area contributed by atoms with Crippen molar-refractivity contribution in [2.24, 2.45) is 4.99 Å². The number of allylic oxidation sites excluding steroid dienone is 4. The second-order valence-electron chi connectivity index (χ2n) is 1.49. The van der Waals surface area contributed by atoms with Gasteiger partial charge >= 0.3 is 0 Å². The van der Waals surface area contributed by atoms with Gasteiger partial charge in [0.1, 0.15) is 0 Å². The van der Waals surface area contributed by atoms with Crippen molar-refractivity contribution in [1.82, 2.24) is 0 Å². The van der Waals surface area contributed by atoms with Gasteiger partial charge in [0.25, 0.3) is 0 Å². The van der Waals surface area contributed by atoms with Gasteiger partial charge in [-0.2, -0.15) is 0 Å². The summed E-state index contributed by atoms with van der Waals surface area (Å²) in [4.78, 5) is 3.69. The zero-order chi connectivity index (χ0) is 8.41. The third-order valence-corrected chi connectivity index (χ3v) is 0.779. The van der Waals surface area contributed by atoms with Crippen LogP contribution in [0.3, 0.4) is 0 Å². The van der Waals surface area contributed by atoms with Crippen LogP contribution in [0.1, 0.15) is 27.7 Å². The van der Waals surface area contributed by atoms with Crippen LogP contribution in [0.5, 0.6) is 0 Å². The van der Waals surface area contributed by atoms with Crippen molar-refractivity contribution in [3.63, 3.8) is 0 Å². The lowest BCUT2D eigenvalue weighted by Gasteiger charge is -1.81. The lowest BCUT2D eigenvalue weighted by Crippen LogP contribution is -1.61. The van der Waals surface area contributed by atoms with Crippen LogP contribution in [-0.2, 0) is 0 Å². The molecule has 0 saturated carbocycles. The molecule has 0 rings (SSSR count). The summed E-state index contributed by atoms with van der Waals surface area (Å²) in [6.45, 7) is 11.2. The lowest BCUT2D eigenvalue weighted by atomic mass is 10.4. The van der Waals surface area contributed by atoms with Gasteiger partial charge in [-0.15, -0.1) is 0 Å². The lowest BCUT2D eigenvalue weighted by molar-refractivity contribution is 1.33. The minimum atomic E-state index is 0.947. The minimum absolute atomic E-state index is 0.947. The highest BCUT2D eigenvalue weighted by molar-refractivity contribution is 5.29. The summed E-state index contributed by atoms with van der Waals surface area (Å²) in [5, 5.41) is 0. The molecule has 0 radical (unpaired) electrons. The van der Waals surface area contributed by atoms with E-state index in [-0.39, 0.29) is 0 Å². The van der Waals surface area contributed by atoms with E-state index in [9.17, 15) is 0 Å². The topological polar surface area (TPSA) is 12.4 Å². The van der Waals surface area contributed by atoms with Crippen LogP contribution in [0.25, 0.3) is 0 Å². The van der Waals surface area contributed by atoms with Gasteiger partial charge in [0.15, 0.2) is 0 Å². The maximum absolute atomic E-state index is 3.69. The molecule has 10 heavy (non-hydrogen) atoms. The van der Waals surface area contributed by atoms with Crippen LogP contribution in [0, 0.1) is 0 Å². The summed E-state index contributed by atoms with van der Waals surface area (Å²) in [6, 6.07) is 0. The van der Waals surface area contributed by atoms with Crippen molar-refractivity contribution in [3.8, 4) is 0 Å². The number of aliphatic imine (C=N–C) groups is 1. The molecule has 0 unspecified atom stereocenters. The molecule has 0 amide bonds. The summed E-state index contributed by atoms with van der Waals surface area (Å²) in [5.74, 6) is 0. The van der Waals surface area contributed by atoms with E-state index < -0.39 is 0 Å². The number of hydrogen-bond acceptors (Lipinski definition) is 1. The molecule has 0 N–H and O–H groups in total. The van der Waals surface area contributed by atoms with E-state index in [2.05, 4.69) is 11.7 Å². The predicted octanol–water partition coefficient (Wildman–Crippen LogP) is 3.19. The van der Waals surface area contributed by atoms with Crippen molar-refractivity contribution in [3.05, 3.63) is 23.9 Å². The fourth-order valence-corrected chi connectivity index (χ4v) is 0.288. The first-order valence-electron chi connectivity index (χ1n) is 3.57. The normalized spacial score (nSPS) is 10.6. The Morgan fingerprint density at radius 3 is 2.20 bits per heavy atom. The predicted molar refractivity (Wildman–Crippen MR) is 49.5 cm³/mol. The fourth-order valence-electron chi connectivity index (χ4n) is 0.288. The third kappa shape index (κ3) is 10.2. The highest BCUT2D eigenvalue weighted by atomic mass is 14.7. The molecule has 0 atom stereocenters. The molecule has 0 spiro atoms. The zero-order valence-electron chi connectivity index (χ0n) is 7.39. The van der Waals surface area contributed by atoms with Crippen molar-refractivity contribution < 1.29 is 0 Å². The first-order chi connectivity index (χ1) is 4.81. The smallest absolute Gasteiger partial charge is 0.0365 e. The van der Waals surface area contributed by atoms with Gasteiger partial charge in [0.2, 0.25) is 0 Å². The molecule has 0 saturated heterocycles. The van der Waals surface area contributed by atoms with E-state index in [1.54, 1.807) is 0 Å². The Labute approximate surface area is 64.2 Å². The van der Waals surface area contributed by atoms with Crippen LogP contribution in [-0.4, -0.2) is 6.72 Å². The van der Waals surface area contributed by atoms with Gasteiger partial charge in [-0.3, -0.25) is 4.99 Å². The molecule has 0 aliphatic carbocycles. The van der Waals surface area contributed by atoms with Crippen LogP contribution in [0.4, 0.5) is 0 Å². The quantitative estimate of drug-likeness (QED) is 0.411. The average Bonchev–Trinajstić information content (AvgIpc) is 2.04. The molecule has 1 heteroatoms. The Kier molecular flexibility index (Phi) is 13.1. The average molecular weight is 139 g/mol. The van der Waals surface area contributed by atoms with Gasteiger partial charge in [-0.1, -0.05) is 26.0 Å². The molecule has 1 nitrogen and oxygen atoms in total. The molecule has 0 aliphatic heterocycles. The van der Waals surface area contributed by atoms with Crippen LogP contribution < -0.4 is 0 Å². The number of hydrogen-bond donors (Lipinski definition) is 0. The Hall–Kier alpha value is -0.850. The van der Waals surface area contributed by atoms with Crippen LogP contribution in [0.15, 0.2) is 28.9 Å². The molecule has 0 aliphatic rings. The van der Waals surface area contributed by atoms with E-state index in [0.717, 1.165) is 5.70 Å².